The van der Waals surface area contributed by atoms with Gasteiger partial charge in [-0.1, -0.05) is 11.3 Å². The second-order valence-electron chi connectivity index (χ2n) is 6.99. The second kappa shape index (κ2) is 9.94. The minimum Gasteiger partial charge on any atom is -0.497 e. The summed E-state index contributed by atoms with van der Waals surface area (Å²) >= 11 is 1.22. The Kier molecular flexibility index (Phi) is 6.83. The number of hydroxylamine groups is 2. The Hall–Kier alpha value is -3.22. The van der Waals surface area contributed by atoms with Crippen molar-refractivity contribution in [3.05, 3.63) is 30.1 Å². The molecule has 1 saturated heterocycles. The Labute approximate surface area is 188 Å². The van der Waals surface area contributed by atoms with E-state index in [9.17, 15) is 4.79 Å². The molecule has 1 N–H and O–H groups in total. The predicted octanol–water partition coefficient (Wildman–Crippen LogP) is 2.39. The molecule has 1 aliphatic rings. The predicted molar refractivity (Wildman–Crippen MR) is 118 cm³/mol. The molecule has 2 aromatic heterocycles. The van der Waals surface area contributed by atoms with Crippen LogP contribution in [0.25, 0.3) is 10.3 Å². The van der Waals surface area contributed by atoms with E-state index in [1.54, 1.807) is 19.3 Å². The molecular weight excluding hydrogens is 436 g/mol. The Morgan fingerprint density at radius 1 is 1.03 bits per heavy atom. The molecule has 0 radical (unpaired) electrons. The molecule has 0 atom stereocenters. The van der Waals surface area contributed by atoms with E-state index in [0.29, 0.717) is 34.4 Å². The summed E-state index contributed by atoms with van der Waals surface area (Å²) in [7, 11) is 4.78. The van der Waals surface area contributed by atoms with Crippen LogP contribution in [0.1, 0.15) is 5.56 Å². The van der Waals surface area contributed by atoms with Gasteiger partial charge in [-0.3, -0.25) is 10.2 Å². The standard InChI is InChI=1S/C20H24N6O5S/c1-28-14-8-13(9-15(10-14)29-2)11-25-4-6-26(7-5-25)31-20(27)24-19-23-16-17(30-3)21-12-22-18(16)32-19/h8-10,12H,4-7,11H2,1-3H3,(H,23,24,27). The number of amides is 1. The molecule has 1 fully saturated rings. The molecule has 3 heterocycles. The number of hydrogen-bond donors (Lipinski definition) is 1. The fourth-order valence-corrected chi connectivity index (χ4v) is 4.14. The van der Waals surface area contributed by atoms with Gasteiger partial charge in [0.25, 0.3) is 0 Å². The quantitative estimate of drug-likeness (QED) is 0.564. The summed E-state index contributed by atoms with van der Waals surface area (Å²) in [6, 6.07) is 5.84. The summed E-state index contributed by atoms with van der Waals surface area (Å²) in [5.41, 5.74) is 1.60. The Morgan fingerprint density at radius 2 is 1.75 bits per heavy atom. The highest BCUT2D eigenvalue weighted by Crippen LogP contribution is 2.29. The minimum atomic E-state index is -0.595. The van der Waals surface area contributed by atoms with E-state index in [-0.39, 0.29) is 0 Å². The number of ether oxygens (including phenoxy) is 3. The molecule has 11 nitrogen and oxygen atoms in total. The lowest BCUT2D eigenvalue weighted by Crippen LogP contribution is -2.46. The molecule has 170 valence electrons. The lowest BCUT2D eigenvalue weighted by atomic mass is 10.1. The van der Waals surface area contributed by atoms with Crippen LogP contribution in [0, 0.1) is 0 Å². The third-order valence-corrected chi connectivity index (χ3v) is 5.80. The summed E-state index contributed by atoms with van der Waals surface area (Å²) in [6.07, 6.45) is 0.796. The molecule has 0 bridgehead atoms. The van der Waals surface area contributed by atoms with E-state index in [2.05, 4.69) is 25.2 Å². The van der Waals surface area contributed by atoms with Crippen LogP contribution < -0.4 is 19.5 Å². The number of piperazine rings is 1. The normalized spacial score (nSPS) is 14.8. The van der Waals surface area contributed by atoms with Crippen LogP contribution >= 0.6 is 11.3 Å². The third kappa shape index (κ3) is 5.15. The fraction of sp³-hybridized carbons (Fsp3) is 0.400. The zero-order valence-electron chi connectivity index (χ0n) is 18.0. The lowest BCUT2D eigenvalue weighted by Gasteiger charge is -2.33. The van der Waals surface area contributed by atoms with Crippen molar-refractivity contribution in [3.8, 4) is 17.4 Å². The maximum absolute atomic E-state index is 12.3. The smallest absolute Gasteiger partial charge is 0.432 e. The lowest BCUT2D eigenvalue weighted by molar-refractivity contribution is -0.119. The van der Waals surface area contributed by atoms with Gasteiger partial charge < -0.3 is 19.0 Å². The van der Waals surface area contributed by atoms with Gasteiger partial charge in [0.1, 0.15) is 17.8 Å². The van der Waals surface area contributed by atoms with Gasteiger partial charge in [-0.05, 0) is 17.7 Å². The number of fused-ring (bicyclic) bond motifs is 1. The van der Waals surface area contributed by atoms with Crippen molar-refractivity contribution in [1.82, 2.24) is 24.9 Å². The van der Waals surface area contributed by atoms with Gasteiger partial charge in [-0.15, -0.1) is 5.06 Å². The molecule has 3 aromatic rings. The molecule has 32 heavy (non-hydrogen) atoms. The second-order valence-corrected chi connectivity index (χ2v) is 7.96. The van der Waals surface area contributed by atoms with E-state index >= 15 is 0 Å². The summed E-state index contributed by atoms with van der Waals surface area (Å²) < 4.78 is 15.8. The number of benzene rings is 1. The Balaban J connectivity index is 1.28. The summed E-state index contributed by atoms with van der Waals surface area (Å²) in [5, 5.41) is 4.66. The highest BCUT2D eigenvalue weighted by molar-refractivity contribution is 7.22. The number of methoxy groups -OCH3 is 3. The molecule has 4 rings (SSSR count). The number of aromatic nitrogens is 3. The largest absolute Gasteiger partial charge is 0.497 e. The van der Waals surface area contributed by atoms with Crippen LogP contribution in [0.3, 0.4) is 0 Å². The van der Waals surface area contributed by atoms with Crippen LogP contribution in [-0.2, 0) is 11.4 Å². The van der Waals surface area contributed by atoms with Crippen molar-refractivity contribution >= 4 is 32.9 Å². The van der Waals surface area contributed by atoms with E-state index in [1.807, 2.05) is 18.2 Å². The van der Waals surface area contributed by atoms with E-state index < -0.39 is 6.09 Å². The van der Waals surface area contributed by atoms with Gasteiger partial charge in [-0.25, -0.2) is 14.8 Å². The van der Waals surface area contributed by atoms with Crippen LogP contribution in [0.4, 0.5) is 9.93 Å². The fourth-order valence-electron chi connectivity index (χ4n) is 3.36. The average molecular weight is 461 g/mol. The van der Waals surface area contributed by atoms with Crippen LogP contribution in [0.15, 0.2) is 24.5 Å². The first-order valence-electron chi connectivity index (χ1n) is 9.91. The van der Waals surface area contributed by atoms with Gasteiger partial charge in [-0.2, -0.15) is 4.98 Å². The summed E-state index contributed by atoms with van der Waals surface area (Å²) in [4.78, 5) is 33.1. The van der Waals surface area contributed by atoms with Crippen molar-refractivity contribution in [2.24, 2.45) is 0 Å². The Morgan fingerprint density at radius 3 is 2.41 bits per heavy atom. The first-order chi connectivity index (χ1) is 15.6. The highest BCUT2D eigenvalue weighted by atomic mass is 32.1. The van der Waals surface area contributed by atoms with Crippen LogP contribution in [-0.4, -0.2) is 78.5 Å². The molecule has 0 unspecified atom stereocenters. The number of carbonyl (C=O) groups excluding carboxylic acids is 1. The van der Waals surface area contributed by atoms with Gasteiger partial charge in [0.15, 0.2) is 15.5 Å². The maximum Gasteiger partial charge on any atom is 0.432 e. The number of nitrogens with one attached hydrogen (secondary N) is 1. The van der Waals surface area contributed by atoms with Crippen molar-refractivity contribution in [1.29, 1.82) is 0 Å². The Bertz CT molecular complexity index is 1060. The van der Waals surface area contributed by atoms with Crippen molar-refractivity contribution in [2.45, 2.75) is 6.54 Å². The number of hydrogen-bond acceptors (Lipinski definition) is 11. The van der Waals surface area contributed by atoms with Crippen molar-refractivity contribution in [2.75, 3.05) is 52.8 Å². The third-order valence-electron chi connectivity index (χ3n) is 4.92. The molecule has 0 saturated carbocycles. The molecule has 0 spiro atoms. The van der Waals surface area contributed by atoms with Crippen molar-refractivity contribution in [3.63, 3.8) is 0 Å². The minimum absolute atomic E-state index is 0.359. The SMILES string of the molecule is COc1cc(CN2CCN(OC(=O)Nc3nc4c(OC)ncnc4s3)CC2)cc(OC)c1. The molecule has 1 amide bonds. The summed E-state index contributed by atoms with van der Waals surface area (Å²) in [5.74, 6) is 1.88. The topological polar surface area (TPSA) is 111 Å². The monoisotopic (exact) mass is 460 g/mol. The maximum atomic E-state index is 12.3. The molecule has 12 heteroatoms. The molecule has 1 aromatic carbocycles. The first-order valence-corrected chi connectivity index (χ1v) is 10.7. The van der Waals surface area contributed by atoms with Crippen LogP contribution in [0.2, 0.25) is 0 Å². The van der Waals surface area contributed by atoms with E-state index in [4.69, 9.17) is 19.0 Å². The van der Waals surface area contributed by atoms with Gasteiger partial charge >= 0.3 is 6.09 Å². The first kappa shape index (κ1) is 22.0. The summed E-state index contributed by atoms with van der Waals surface area (Å²) in [6.45, 7) is 3.44. The van der Waals surface area contributed by atoms with E-state index in [0.717, 1.165) is 36.7 Å². The number of anilines is 1. The number of rotatable bonds is 7. The molecule has 1 aliphatic heterocycles. The van der Waals surface area contributed by atoms with Gasteiger partial charge in [0, 0.05) is 38.8 Å². The average Bonchev–Trinajstić information content (AvgIpc) is 3.22. The van der Waals surface area contributed by atoms with E-state index in [1.165, 1.54) is 24.8 Å². The zero-order chi connectivity index (χ0) is 22.5. The molecular formula is C20H24N6O5S. The number of nitrogens with zero attached hydrogens (tertiary/aromatic N) is 5. The zero-order valence-corrected chi connectivity index (χ0v) is 18.8. The number of carbonyl (C=O) groups is 1. The van der Waals surface area contributed by atoms with Crippen molar-refractivity contribution < 1.29 is 23.8 Å². The van der Waals surface area contributed by atoms with Crippen LogP contribution in [0.5, 0.6) is 17.4 Å². The number of thiazole rings is 1. The van der Waals surface area contributed by atoms with Gasteiger partial charge in [0.2, 0.25) is 5.88 Å². The highest BCUT2D eigenvalue weighted by Gasteiger charge is 2.22. The van der Waals surface area contributed by atoms with Gasteiger partial charge in [0.05, 0.1) is 21.3 Å². The molecule has 0 aliphatic carbocycles.